The largest absolute Gasteiger partial charge is 0.491 e. The summed E-state index contributed by atoms with van der Waals surface area (Å²) in [6, 6.07) is 13.8. The average Bonchev–Trinajstić information content (AvgIpc) is 3.41. The predicted molar refractivity (Wildman–Crippen MR) is 131 cm³/mol. The second kappa shape index (κ2) is 9.75. The van der Waals surface area contributed by atoms with Crippen LogP contribution in [0.1, 0.15) is 24.8 Å². The van der Waals surface area contributed by atoms with Gasteiger partial charge < -0.3 is 24.7 Å². The van der Waals surface area contributed by atoms with E-state index in [1.54, 1.807) is 11.2 Å². The maximum Gasteiger partial charge on any atom is 0.319 e. The summed E-state index contributed by atoms with van der Waals surface area (Å²) in [6.07, 6.45) is 5.69. The SMILES string of the molecule is NC(=O)N(CCCCN1CCCN(c2cccc3c2OCC3)CC1)c1coc2ccccc12. The standard InChI is InChI=1S/C26H32N4O3/c27-26(31)30(23-19-33-24-10-2-1-8-21(23)24)15-4-3-12-28-13-6-14-29(17-16-28)22-9-5-7-20-11-18-32-25(20)22/h1-2,5,7-10,19H,3-4,6,11-18H2,(H2,27,31). The number of ether oxygens (including phenoxy) is 1. The number of amides is 2. The molecular weight excluding hydrogens is 416 g/mol. The molecule has 3 aromatic rings. The van der Waals surface area contributed by atoms with Gasteiger partial charge in [0, 0.05) is 38.0 Å². The van der Waals surface area contributed by atoms with Gasteiger partial charge in [0.25, 0.3) is 0 Å². The molecule has 174 valence electrons. The minimum Gasteiger partial charge on any atom is -0.491 e. The second-order valence-corrected chi connectivity index (χ2v) is 8.86. The van der Waals surface area contributed by atoms with Gasteiger partial charge in [0.2, 0.25) is 0 Å². The molecule has 5 rings (SSSR count). The molecule has 0 radical (unpaired) electrons. The summed E-state index contributed by atoms with van der Waals surface area (Å²) in [5, 5.41) is 0.917. The van der Waals surface area contributed by atoms with Crippen LogP contribution in [0.25, 0.3) is 11.0 Å². The number of unbranched alkanes of at least 4 members (excludes halogenated alkanes) is 1. The molecule has 7 nitrogen and oxygen atoms in total. The first-order valence-corrected chi connectivity index (χ1v) is 12.0. The molecule has 0 bridgehead atoms. The summed E-state index contributed by atoms with van der Waals surface area (Å²) < 4.78 is 11.5. The number of fused-ring (bicyclic) bond motifs is 2. The highest BCUT2D eigenvalue weighted by Crippen LogP contribution is 2.36. The molecule has 7 heteroatoms. The van der Waals surface area contributed by atoms with Crippen LogP contribution in [0.15, 0.2) is 53.1 Å². The minimum atomic E-state index is -0.440. The Hall–Kier alpha value is -3.19. The number of hydrogen-bond donors (Lipinski definition) is 1. The van der Waals surface area contributed by atoms with Gasteiger partial charge in [0.15, 0.2) is 0 Å². The van der Waals surface area contributed by atoms with Crippen LogP contribution < -0.4 is 20.3 Å². The number of primary amides is 1. The van der Waals surface area contributed by atoms with E-state index in [9.17, 15) is 4.79 Å². The van der Waals surface area contributed by atoms with Gasteiger partial charge in [-0.3, -0.25) is 4.90 Å². The predicted octanol–water partition coefficient (Wildman–Crippen LogP) is 4.25. The van der Waals surface area contributed by atoms with E-state index < -0.39 is 6.03 Å². The molecule has 0 saturated carbocycles. The summed E-state index contributed by atoms with van der Waals surface area (Å²) >= 11 is 0. The molecule has 1 aromatic heterocycles. The number of nitrogens with zero attached hydrogens (tertiary/aromatic N) is 3. The maximum absolute atomic E-state index is 12.1. The molecule has 33 heavy (non-hydrogen) atoms. The average molecular weight is 449 g/mol. The fourth-order valence-electron chi connectivity index (χ4n) is 5.01. The van der Waals surface area contributed by atoms with E-state index >= 15 is 0 Å². The van der Waals surface area contributed by atoms with E-state index in [2.05, 4.69) is 28.0 Å². The molecule has 0 spiro atoms. The van der Waals surface area contributed by atoms with E-state index in [4.69, 9.17) is 14.9 Å². The molecule has 2 aliphatic rings. The van der Waals surface area contributed by atoms with Gasteiger partial charge in [-0.25, -0.2) is 4.79 Å². The van der Waals surface area contributed by atoms with Crippen molar-refractivity contribution < 1.29 is 13.9 Å². The Bertz CT molecular complexity index is 1110. The summed E-state index contributed by atoms with van der Waals surface area (Å²) in [4.78, 5) is 18.8. The fourth-order valence-corrected chi connectivity index (χ4v) is 5.01. The van der Waals surface area contributed by atoms with Gasteiger partial charge in [-0.2, -0.15) is 0 Å². The van der Waals surface area contributed by atoms with Crippen LogP contribution in [0.2, 0.25) is 0 Å². The third-order valence-corrected chi connectivity index (χ3v) is 6.75. The van der Waals surface area contributed by atoms with Crippen LogP contribution in [0, 0.1) is 0 Å². The molecule has 2 aliphatic heterocycles. The first-order chi connectivity index (χ1) is 16.2. The Balaban J connectivity index is 1.13. The number of furan rings is 1. The zero-order valence-electron chi connectivity index (χ0n) is 19.0. The molecule has 1 fully saturated rings. The van der Waals surface area contributed by atoms with Crippen molar-refractivity contribution in [2.75, 3.05) is 55.7 Å². The first kappa shape index (κ1) is 21.6. The smallest absolute Gasteiger partial charge is 0.319 e. The number of carbonyl (C=O) groups is 1. The quantitative estimate of drug-likeness (QED) is 0.547. The zero-order chi connectivity index (χ0) is 22.6. The molecule has 2 aromatic carbocycles. The number of urea groups is 1. The van der Waals surface area contributed by atoms with Crippen LogP contribution in [0.5, 0.6) is 5.75 Å². The lowest BCUT2D eigenvalue weighted by atomic mass is 10.1. The number of para-hydroxylation sites is 2. The number of nitrogens with two attached hydrogens (primary N) is 1. The summed E-state index contributed by atoms with van der Waals surface area (Å²) in [7, 11) is 0. The van der Waals surface area contributed by atoms with Crippen LogP contribution in [-0.4, -0.2) is 56.8 Å². The molecular formula is C26H32N4O3. The van der Waals surface area contributed by atoms with Crippen molar-refractivity contribution in [2.45, 2.75) is 25.7 Å². The second-order valence-electron chi connectivity index (χ2n) is 8.86. The van der Waals surface area contributed by atoms with Gasteiger partial charge in [-0.1, -0.05) is 24.3 Å². The molecule has 0 unspecified atom stereocenters. The van der Waals surface area contributed by atoms with E-state index in [1.807, 2.05) is 24.3 Å². The molecule has 1 saturated heterocycles. The lowest BCUT2D eigenvalue weighted by Gasteiger charge is -2.25. The summed E-state index contributed by atoms with van der Waals surface area (Å²) in [6.45, 7) is 6.60. The maximum atomic E-state index is 12.1. The number of benzene rings is 2. The molecule has 0 atom stereocenters. The third-order valence-electron chi connectivity index (χ3n) is 6.75. The number of carbonyl (C=O) groups excluding carboxylic acids is 1. The van der Waals surface area contributed by atoms with Crippen molar-refractivity contribution in [1.82, 2.24) is 4.90 Å². The minimum absolute atomic E-state index is 0.440. The number of hydrogen-bond acceptors (Lipinski definition) is 5. The zero-order valence-corrected chi connectivity index (χ0v) is 19.0. The Morgan fingerprint density at radius 2 is 1.94 bits per heavy atom. The molecule has 3 heterocycles. The van der Waals surface area contributed by atoms with Crippen molar-refractivity contribution in [2.24, 2.45) is 5.73 Å². The van der Waals surface area contributed by atoms with Crippen LogP contribution in [0.4, 0.5) is 16.2 Å². The van der Waals surface area contributed by atoms with E-state index in [0.29, 0.717) is 6.54 Å². The summed E-state index contributed by atoms with van der Waals surface area (Å²) in [5.74, 6) is 1.09. The van der Waals surface area contributed by atoms with Crippen LogP contribution in [-0.2, 0) is 6.42 Å². The van der Waals surface area contributed by atoms with Crippen molar-refractivity contribution in [3.8, 4) is 5.75 Å². The van der Waals surface area contributed by atoms with Gasteiger partial charge in [0.05, 0.1) is 18.0 Å². The van der Waals surface area contributed by atoms with E-state index in [1.165, 1.54) is 11.3 Å². The number of anilines is 2. The highest BCUT2D eigenvalue weighted by atomic mass is 16.5. The lowest BCUT2D eigenvalue weighted by molar-refractivity contribution is 0.253. The lowest BCUT2D eigenvalue weighted by Crippen LogP contribution is -2.37. The normalized spacial score (nSPS) is 16.4. The molecule has 2 N–H and O–H groups in total. The van der Waals surface area contributed by atoms with Crippen molar-refractivity contribution in [3.63, 3.8) is 0 Å². The number of rotatable bonds is 7. The van der Waals surface area contributed by atoms with Crippen LogP contribution >= 0.6 is 0 Å². The Labute approximate surface area is 194 Å². The third kappa shape index (κ3) is 4.64. The van der Waals surface area contributed by atoms with E-state index in [0.717, 1.165) is 87.4 Å². The van der Waals surface area contributed by atoms with E-state index in [-0.39, 0.29) is 0 Å². The fraction of sp³-hybridized carbons (Fsp3) is 0.423. The van der Waals surface area contributed by atoms with Gasteiger partial charge in [-0.15, -0.1) is 0 Å². The Morgan fingerprint density at radius 1 is 1.03 bits per heavy atom. The topological polar surface area (TPSA) is 75.2 Å². The van der Waals surface area contributed by atoms with Crippen molar-refractivity contribution in [1.29, 1.82) is 0 Å². The Morgan fingerprint density at radius 3 is 2.85 bits per heavy atom. The first-order valence-electron chi connectivity index (χ1n) is 12.0. The highest BCUT2D eigenvalue weighted by Gasteiger charge is 2.22. The molecule has 2 amide bonds. The van der Waals surface area contributed by atoms with Gasteiger partial charge in [0.1, 0.15) is 17.6 Å². The monoisotopic (exact) mass is 448 g/mol. The highest BCUT2D eigenvalue weighted by molar-refractivity contribution is 6.01. The van der Waals surface area contributed by atoms with Crippen molar-refractivity contribution in [3.05, 3.63) is 54.3 Å². The summed E-state index contributed by atoms with van der Waals surface area (Å²) in [5.41, 5.74) is 9.79. The molecule has 0 aliphatic carbocycles. The van der Waals surface area contributed by atoms with Gasteiger partial charge in [-0.05, 0) is 56.1 Å². The van der Waals surface area contributed by atoms with Crippen LogP contribution in [0.3, 0.4) is 0 Å². The Kier molecular flexibility index (Phi) is 6.39. The van der Waals surface area contributed by atoms with Gasteiger partial charge >= 0.3 is 6.03 Å². The van der Waals surface area contributed by atoms with Crippen molar-refractivity contribution >= 4 is 28.4 Å².